The second-order valence-electron chi connectivity index (χ2n) is 2.56. The molecule has 1 saturated heterocycles. The summed E-state index contributed by atoms with van der Waals surface area (Å²) in [7, 11) is 0. The lowest BCUT2D eigenvalue weighted by Crippen LogP contribution is -2.43. The van der Waals surface area contributed by atoms with E-state index in [2.05, 4.69) is 10.9 Å². The Labute approximate surface area is 59.6 Å². The summed E-state index contributed by atoms with van der Waals surface area (Å²) in [6, 6.07) is 0. The monoisotopic (exact) mass is 144 g/mol. The number of carbonyl (C=O) groups is 1. The van der Waals surface area contributed by atoms with E-state index >= 15 is 0 Å². The van der Waals surface area contributed by atoms with Crippen LogP contribution < -0.4 is 10.9 Å². The maximum absolute atomic E-state index is 10.2. The molecule has 4 nitrogen and oxygen atoms in total. The fourth-order valence-corrected chi connectivity index (χ4v) is 1.10. The van der Waals surface area contributed by atoms with Gasteiger partial charge in [-0.25, -0.2) is 0 Å². The third kappa shape index (κ3) is 2.33. The maximum atomic E-state index is 10.2. The molecule has 1 unspecified atom stereocenters. The topological polar surface area (TPSA) is 61.4 Å². The van der Waals surface area contributed by atoms with Crippen molar-refractivity contribution in [2.45, 2.75) is 12.8 Å². The van der Waals surface area contributed by atoms with Gasteiger partial charge in [-0.3, -0.25) is 15.6 Å². The van der Waals surface area contributed by atoms with Gasteiger partial charge in [-0.05, 0) is 12.3 Å². The summed E-state index contributed by atoms with van der Waals surface area (Å²) in [5.41, 5.74) is 5.87. The van der Waals surface area contributed by atoms with Crippen LogP contribution in [0.1, 0.15) is 12.8 Å². The molecule has 0 aromatic carbocycles. The molecule has 1 atom stereocenters. The summed E-state index contributed by atoms with van der Waals surface area (Å²) in [6.07, 6.45) is 1.24. The van der Waals surface area contributed by atoms with E-state index in [1.165, 1.54) is 0 Å². The number of rotatable bonds is 2. The Hall–Kier alpha value is -0.610. The van der Waals surface area contributed by atoms with Gasteiger partial charge in [0.05, 0.1) is 0 Å². The Kier molecular flexibility index (Phi) is 2.65. The van der Waals surface area contributed by atoms with Gasteiger partial charge in [-0.1, -0.05) is 0 Å². The molecule has 4 heteroatoms. The number of hydrogen-bond donors (Lipinski definition) is 3. The van der Waals surface area contributed by atoms with Crippen LogP contribution in [0.25, 0.3) is 0 Å². The Balaban J connectivity index is 2.19. The highest BCUT2D eigenvalue weighted by Gasteiger charge is 2.15. The van der Waals surface area contributed by atoms with Gasteiger partial charge in [-0.2, -0.15) is 0 Å². The van der Waals surface area contributed by atoms with Crippen LogP contribution in [0.3, 0.4) is 0 Å². The predicted molar refractivity (Wildman–Crippen MR) is 36.4 cm³/mol. The molecule has 0 aliphatic carbocycles. The van der Waals surface area contributed by atoms with E-state index in [-0.39, 0.29) is 6.42 Å². The smallest absolute Gasteiger partial charge is 0.303 e. The van der Waals surface area contributed by atoms with Gasteiger partial charge >= 0.3 is 5.97 Å². The zero-order chi connectivity index (χ0) is 7.40. The average molecular weight is 144 g/mol. The normalized spacial score (nSPS) is 26.2. The molecule has 1 heterocycles. The number of carboxylic acid groups (broad SMARTS) is 1. The quantitative estimate of drug-likeness (QED) is 0.492. The minimum Gasteiger partial charge on any atom is -0.481 e. The molecule has 0 aromatic heterocycles. The van der Waals surface area contributed by atoms with Gasteiger partial charge in [0.25, 0.3) is 0 Å². The Morgan fingerprint density at radius 3 is 2.90 bits per heavy atom. The summed E-state index contributed by atoms with van der Waals surface area (Å²) in [5.74, 6) is -0.396. The second kappa shape index (κ2) is 3.53. The van der Waals surface area contributed by atoms with E-state index in [4.69, 9.17) is 5.11 Å². The minimum absolute atomic E-state index is 0.286. The van der Waals surface area contributed by atoms with Crippen molar-refractivity contribution in [3.05, 3.63) is 0 Å². The number of hydrazine groups is 1. The van der Waals surface area contributed by atoms with Crippen molar-refractivity contribution in [3.63, 3.8) is 0 Å². The molecule has 1 aliphatic rings. The molecule has 58 valence electrons. The number of carboxylic acids is 1. The Morgan fingerprint density at radius 2 is 2.40 bits per heavy atom. The van der Waals surface area contributed by atoms with Gasteiger partial charge in [-0.15, -0.1) is 0 Å². The van der Waals surface area contributed by atoms with Crippen LogP contribution in [0, 0.1) is 5.92 Å². The van der Waals surface area contributed by atoms with E-state index in [1.807, 2.05) is 0 Å². The zero-order valence-electron chi connectivity index (χ0n) is 5.76. The summed E-state index contributed by atoms with van der Waals surface area (Å²) in [4.78, 5) is 10.2. The fourth-order valence-electron chi connectivity index (χ4n) is 1.10. The van der Waals surface area contributed by atoms with Crippen molar-refractivity contribution in [1.82, 2.24) is 10.9 Å². The van der Waals surface area contributed by atoms with Gasteiger partial charge < -0.3 is 5.11 Å². The van der Waals surface area contributed by atoms with Crippen molar-refractivity contribution >= 4 is 5.97 Å². The fraction of sp³-hybridized carbons (Fsp3) is 0.833. The van der Waals surface area contributed by atoms with E-state index in [0.29, 0.717) is 5.92 Å². The number of aliphatic carboxylic acids is 1. The van der Waals surface area contributed by atoms with Gasteiger partial charge in [0.15, 0.2) is 0 Å². The maximum Gasteiger partial charge on any atom is 0.303 e. The highest BCUT2D eigenvalue weighted by molar-refractivity contribution is 5.67. The molecule has 0 saturated carbocycles. The lowest BCUT2D eigenvalue weighted by atomic mass is 10.0. The summed E-state index contributed by atoms with van der Waals surface area (Å²) in [6.45, 7) is 1.64. The molecule has 1 fully saturated rings. The van der Waals surface area contributed by atoms with Crippen LogP contribution in [-0.2, 0) is 4.79 Å². The first-order chi connectivity index (χ1) is 4.79. The highest BCUT2D eigenvalue weighted by Crippen LogP contribution is 2.08. The van der Waals surface area contributed by atoms with Crippen LogP contribution in [0.4, 0.5) is 0 Å². The third-order valence-corrected chi connectivity index (χ3v) is 1.66. The standard InChI is InChI=1S/C6H12N2O2/c9-6(10)3-5-1-2-7-8-4-5/h5,7-8H,1-4H2,(H,9,10). The lowest BCUT2D eigenvalue weighted by Gasteiger charge is -2.21. The van der Waals surface area contributed by atoms with Crippen molar-refractivity contribution in [3.8, 4) is 0 Å². The number of hydrogen-bond acceptors (Lipinski definition) is 3. The first kappa shape index (κ1) is 7.50. The molecule has 0 spiro atoms. The second-order valence-corrected chi connectivity index (χ2v) is 2.56. The predicted octanol–water partition coefficient (Wildman–Crippen LogP) is -0.425. The molecule has 3 N–H and O–H groups in total. The van der Waals surface area contributed by atoms with E-state index in [1.54, 1.807) is 0 Å². The Bertz CT molecular complexity index is 121. The van der Waals surface area contributed by atoms with Gasteiger partial charge in [0.1, 0.15) is 0 Å². The molecular formula is C6H12N2O2. The van der Waals surface area contributed by atoms with E-state index in [9.17, 15) is 4.79 Å². The lowest BCUT2D eigenvalue weighted by molar-refractivity contribution is -0.138. The van der Waals surface area contributed by atoms with Crippen LogP contribution in [0.5, 0.6) is 0 Å². The van der Waals surface area contributed by atoms with Crippen molar-refractivity contribution in [2.24, 2.45) is 5.92 Å². The first-order valence-corrected chi connectivity index (χ1v) is 3.46. The Morgan fingerprint density at radius 1 is 1.60 bits per heavy atom. The third-order valence-electron chi connectivity index (χ3n) is 1.66. The van der Waals surface area contributed by atoms with Crippen LogP contribution in [-0.4, -0.2) is 24.2 Å². The van der Waals surface area contributed by atoms with Crippen molar-refractivity contribution < 1.29 is 9.90 Å². The summed E-state index contributed by atoms with van der Waals surface area (Å²) < 4.78 is 0. The zero-order valence-corrected chi connectivity index (χ0v) is 5.76. The van der Waals surface area contributed by atoms with Crippen molar-refractivity contribution in [2.75, 3.05) is 13.1 Å². The van der Waals surface area contributed by atoms with Crippen molar-refractivity contribution in [1.29, 1.82) is 0 Å². The first-order valence-electron chi connectivity index (χ1n) is 3.46. The molecule has 0 radical (unpaired) electrons. The van der Waals surface area contributed by atoms with Gasteiger partial charge in [0, 0.05) is 19.5 Å². The largest absolute Gasteiger partial charge is 0.481 e. The molecule has 0 aromatic rings. The molecule has 1 rings (SSSR count). The van der Waals surface area contributed by atoms with Crippen LogP contribution in [0.2, 0.25) is 0 Å². The summed E-state index contributed by atoms with van der Waals surface area (Å²) >= 11 is 0. The summed E-state index contributed by atoms with van der Waals surface area (Å²) in [5, 5.41) is 8.42. The van der Waals surface area contributed by atoms with E-state index < -0.39 is 5.97 Å². The van der Waals surface area contributed by atoms with Gasteiger partial charge in [0.2, 0.25) is 0 Å². The molecule has 10 heavy (non-hydrogen) atoms. The minimum atomic E-state index is -0.700. The highest BCUT2D eigenvalue weighted by atomic mass is 16.4. The molecule has 1 aliphatic heterocycles. The number of nitrogens with one attached hydrogen (secondary N) is 2. The average Bonchev–Trinajstić information content (AvgIpc) is 1.88. The molecule has 0 bridgehead atoms. The van der Waals surface area contributed by atoms with Crippen LogP contribution in [0.15, 0.2) is 0 Å². The molecular weight excluding hydrogens is 132 g/mol. The SMILES string of the molecule is O=C(O)CC1CCNNC1. The van der Waals surface area contributed by atoms with Crippen LogP contribution >= 0.6 is 0 Å². The van der Waals surface area contributed by atoms with E-state index in [0.717, 1.165) is 19.5 Å². The molecule has 0 amide bonds.